The number of hydrogen-bond donors (Lipinski definition) is 2. The van der Waals surface area contributed by atoms with Gasteiger partial charge in [-0.2, -0.15) is 0 Å². The van der Waals surface area contributed by atoms with E-state index in [-0.39, 0.29) is 17.7 Å². The Morgan fingerprint density at radius 1 is 1.30 bits per heavy atom. The van der Waals surface area contributed by atoms with Crippen LogP contribution in [-0.4, -0.2) is 34.8 Å². The molecule has 0 radical (unpaired) electrons. The van der Waals surface area contributed by atoms with Crippen molar-refractivity contribution in [3.05, 3.63) is 36.0 Å². The second-order valence-electron chi connectivity index (χ2n) is 5.24. The van der Waals surface area contributed by atoms with Crippen LogP contribution < -0.4 is 5.73 Å². The number of benzene rings is 1. The van der Waals surface area contributed by atoms with Crippen LogP contribution in [0.2, 0.25) is 0 Å². The Bertz CT molecular complexity index is 662. The molecule has 0 spiro atoms. The molecule has 1 aromatic carbocycles. The molecule has 3 N–H and O–H groups in total. The summed E-state index contributed by atoms with van der Waals surface area (Å²) in [5.41, 5.74) is 6.86. The van der Waals surface area contributed by atoms with E-state index in [9.17, 15) is 9.59 Å². The van der Waals surface area contributed by atoms with Crippen molar-refractivity contribution in [2.24, 2.45) is 11.7 Å². The number of nitrogens with two attached hydrogens (primary N) is 1. The summed E-state index contributed by atoms with van der Waals surface area (Å²) in [4.78, 5) is 28.8. The third kappa shape index (κ3) is 2.15. The van der Waals surface area contributed by atoms with E-state index in [2.05, 4.69) is 4.98 Å². The first kappa shape index (κ1) is 12.7. The molecular formula is C15H17N3O2. The number of para-hydroxylation sites is 1. The van der Waals surface area contributed by atoms with E-state index in [0.717, 1.165) is 23.7 Å². The largest absolute Gasteiger partial charge is 0.369 e. The molecule has 1 aliphatic heterocycles. The van der Waals surface area contributed by atoms with Gasteiger partial charge in [-0.3, -0.25) is 9.59 Å². The fourth-order valence-corrected chi connectivity index (χ4v) is 2.83. The second kappa shape index (κ2) is 5.00. The molecule has 2 amide bonds. The number of carbonyl (C=O) groups is 2. The van der Waals surface area contributed by atoms with Crippen LogP contribution in [0, 0.1) is 5.92 Å². The maximum atomic E-state index is 12.6. The summed E-state index contributed by atoms with van der Waals surface area (Å²) >= 11 is 0. The zero-order valence-electron chi connectivity index (χ0n) is 11.1. The first-order valence-corrected chi connectivity index (χ1v) is 6.81. The quantitative estimate of drug-likeness (QED) is 0.868. The van der Waals surface area contributed by atoms with Gasteiger partial charge in [-0.1, -0.05) is 12.1 Å². The van der Waals surface area contributed by atoms with Gasteiger partial charge in [0.1, 0.15) is 0 Å². The lowest BCUT2D eigenvalue weighted by Gasteiger charge is -2.31. The van der Waals surface area contributed by atoms with E-state index >= 15 is 0 Å². The Morgan fingerprint density at radius 3 is 2.95 bits per heavy atom. The van der Waals surface area contributed by atoms with Crippen molar-refractivity contribution in [3.63, 3.8) is 0 Å². The zero-order valence-corrected chi connectivity index (χ0v) is 11.1. The number of piperidine rings is 1. The van der Waals surface area contributed by atoms with E-state index < -0.39 is 0 Å². The van der Waals surface area contributed by atoms with Crippen LogP contribution in [0.4, 0.5) is 0 Å². The van der Waals surface area contributed by atoms with Crippen LogP contribution in [0.25, 0.3) is 10.9 Å². The summed E-state index contributed by atoms with van der Waals surface area (Å²) in [6, 6.07) is 7.59. The fraction of sp³-hybridized carbons (Fsp3) is 0.333. The SMILES string of the molecule is NC(=O)C1CCCN(C(=O)c2cccc3cc[nH]c23)C1. The van der Waals surface area contributed by atoms with Gasteiger partial charge in [-0.25, -0.2) is 0 Å². The number of H-pyrrole nitrogens is 1. The molecule has 5 nitrogen and oxygen atoms in total. The van der Waals surface area contributed by atoms with E-state index in [4.69, 9.17) is 5.73 Å². The van der Waals surface area contributed by atoms with Crippen LogP contribution in [-0.2, 0) is 4.79 Å². The van der Waals surface area contributed by atoms with Gasteiger partial charge in [0.25, 0.3) is 5.91 Å². The number of aromatic nitrogens is 1. The van der Waals surface area contributed by atoms with E-state index in [1.54, 1.807) is 4.90 Å². The monoisotopic (exact) mass is 271 g/mol. The van der Waals surface area contributed by atoms with E-state index in [0.29, 0.717) is 18.7 Å². The first-order valence-electron chi connectivity index (χ1n) is 6.81. The molecule has 1 saturated heterocycles. The van der Waals surface area contributed by atoms with Gasteiger partial charge < -0.3 is 15.6 Å². The number of likely N-dealkylation sites (tertiary alicyclic amines) is 1. The molecular weight excluding hydrogens is 254 g/mol. The number of primary amides is 1. The normalized spacial score (nSPS) is 19.2. The van der Waals surface area contributed by atoms with Crippen molar-refractivity contribution in [2.75, 3.05) is 13.1 Å². The minimum atomic E-state index is -0.319. The molecule has 1 atom stereocenters. The summed E-state index contributed by atoms with van der Waals surface area (Å²) in [6.45, 7) is 1.10. The lowest BCUT2D eigenvalue weighted by molar-refractivity contribution is -0.123. The van der Waals surface area contributed by atoms with Gasteiger partial charge >= 0.3 is 0 Å². The average molecular weight is 271 g/mol. The molecule has 104 valence electrons. The summed E-state index contributed by atoms with van der Waals surface area (Å²) in [5.74, 6) is -0.583. The lowest BCUT2D eigenvalue weighted by Crippen LogP contribution is -2.44. The van der Waals surface area contributed by atoms with Crippen LogP contribution in [0.5, 0.6) is 0 Å². The molecule has 1 aromatic heterocycles. The van der Waals surface area contributed by atoms with E-state index in [1.165, 1.54) is 0 Å². The second-order valence-corrected chi connectivity index (χ2v) is 5.24. The first-order chi connectivity index (χ1) is 9.66. The highest BCUT2D eigenvalue weighted by Crippen LogP contribution is 2.22. The van der Waals surface area contributed by atoms with Crippen LogP contribution >= 0.6 is 0 Å². The number of aromatic amines is 1. The number of fused-ring (bicyclic) bond motifs is 1. The molecule has 1 unspecified atom stereocenters. The summed E-state index contributed by atoms with van der Waals surface area (Å²) in [7, 11) is 0. The number of rotatable bonds is 2. The third-order valence-corrected chi connectivity index (χ3v) is 3.93. The number of carbonyl (C=O) groups excluding carboxylic acids is 2. The van der Waals surface area contributed by atoms with Crippen molar-refractivity contribution < 1.29 is 9.59 Å². The Hall–Kier alpha value is -2.30. The van der Waals surface area contributed by atoms with Crippen molar-refractivity contribution in [3.8, 4) is 0 Å². The van der Waals surface area contributed by atoms with E-state index in [1.807, 2.05) is 30.5 Å². The third-order valence-electron chi connectivity index (χ3n) is 3.93. The molecule has 2 aromatic rings. The highest BCUT2D eigenvalue weighted by molar-refractivity contribution is 6.05. The molecule has 3 rings (SSSR count). The summed E-state index contributed by atoms with van der Waals surface area (Å²) < 4.78 is 0. The van der Waals surface area contributed by atoms with Crippen molar-refractivity contribution in [2.45, 2.75) is 12.8 Å². The van der Waals surface area contributed by atoms with Crippen LogP contribution in [0.15, 0.2) is 30.5 Å². The maximum Gasteiger partial charge on any atom is 0.256 e. The molecule has 5 heteroatoms. The van der Waals surface area contributed by atoms with Crippen molar-refractivity contribution in [1.29, 1.82) is 0 Å². The van der Waals surface area contributed by atoms with Gasteiger partial charge in [0.2, 0.25) is 5.91 Å². The molecule has 0 aliphatic carbocycles. The van der Waals surface area contributed by atoms with Gasteiger partial charge in [0.15, 0.2) is 0 Å². The van der Waals surface area contributed by atoms with Gasteiger partial charge in [-0.15, -0.1) is 0 Å². The Kier molecular flexibility index (Phi) is 3.18. The molecule has 0 saturated carbocycles. The smallest absolute Gasteiger partial charge is 0.256 e. The molecule has 2 heterocycles. The molecule has 1 aliphatic rings. The standard InChI is InChI=1S/C15H17N3O2/c16-14(19)11-4-2-8-18(9-11)15(20)12-5-1-3-10-6-7-17-13(10)12/h1,3,5-7,11,17H,2,4,8-9H2,(H2,16,19). The minimum Gasteiger partial charge on any atom is -0.369 e. The minimum absolute atomic E-state index is 0.0380. The van der Waals surface area contributed by atoms with Crippen LogP contribution in [0.3, 0.4) is 0 Å². The van der Waals surface area contributed by atoms with Crippen LogP contribution in [0.1, 0.15) is 23.2 Å². The Morgan fingerprint density at radius 2 is 2.15 bits per heavy atom. The Balaban J connectivity index is 1.88. The number of nitrogens with zero attached hydrogens (tertiary/aromatic N) is 1. The predicted octanol–water partition coefficient (Wildman–Crippen LogP) is 1.51. The highest BCUT2D eigenvalue weighted by atomic mass is 16.2. The van der Waals surface area contributed by atoms with Crippen molar-refractivity contribution >= 4 is 22.7 Å². The van der Waals surface area contributed by atoms with Gasteiger partial charge in [-0.05, 0) is 25.0 Å². The predicted molar refractivity (Wildman–Crippen MR) is 76.1 cm³/mol. The zero-order chi connectivity index (χ0) is 14.1. The number of amides is 2. The Labute approximate surface area is 116 Å². The number of hydrogen-bond acceptors (Lipinski definition) is 2. The topological polar surface area (TPSA) is 79.2 Å². The lowest BCUT2D eigenvalue weighted by atomic mass is 9.96. The molecule has 20 heavy (non-hydrogen) atoms. The highest BCUT2D eigenvalue weighted by Gasteiger charge is 2.28. The van der Waals surface area contributed by atoms with Gasteiger partial charge in [0, 0.05) is 24.7 Å². The average Bonchev–Trinajstić information content (AvgIpc) is 2.95. The molecule has 1 fully saturated rings. The maximum absolute atomic E-state index is 12.6. The summed E-state index contributed by atoms with van der Waals surface area (Å²) in [5, 5.41) is 1.01. The summed E-state index contributed by atoms with van der Waals surface area (Å²) in [6.07, 6.45) is 3.41. The fourth-order valence-electron chi connectivity index (χ4n) is 2.83. The van der Waals surface area contributed by atoms with Gasteiger partial charge in [0.05, 0.1) is 17.0 Å². The number of nitrogens with one attached hydrogen (secondary N) is 1. The van der Waals surface area contributed by atoms with Crippen molar-refractivity contribution in [1.82, 2.24) is 9.88 Å². The molecule has 0 bridgehead atoms.